The van der Waals surface area contributed by atoms with Crippen LogP contribution in [0.5, 0.6) is 11.5 Å². The molecular weight excluding hydrogens is 334 g/mol. The Morgan fingerprint density at radius 2 is 2.19 bits per heavy atom. The molecule has 0 atom stereocenters. The predicted molar refractivity (Wildman–Crippen MR) is 97.7 cm³/mol. The lowest BCUT2D eigenvalue weighted by molar-refractivity contribution is 0.0833. The van der Waals surface area contributed by atoms with Crippen LogP contribution in [0.1, 0.15) is 37.8 Å². The van der Waals surface area contributed by atoms with E-state index in [-0.39, 0.29) is 6.03 Å². The summed E-state index contributed by atoms with van der Waals surface area (Å²) < 4.78 is 16.7. The van der Waals surface area contributed by atoms with Crippen LogP contribution < -0.4 is 14.8 Å². The second kappa shape index (κ2) is 6.90. The minimum Gasteiger partial charge on any atom is -0.497 e. The van der Waals surface area contributed by atoms with Crippen LogP contribution >= 0.6 is 0 Å². The van der Waals surface area contributed by atoms with Crippen molar-refractivity contribution < 1.29 is 18.8 Å². The molecule has 1 aliphatic heterocycles. The molecule has 0 saturated heterocycles. The molecule has 0 saturated carbocycles. The summed E-state index contributed by atoms with van der Waals surface area (Å²) in [6.07, 6.45) is 0.660. The summed E-state index contributed by atoms with van der Waals surface area (Å²) in [6.45, 7) is 8.59. The highest BCUT2D eigenvalue weighted by Crippen LogP contribution is 2.33. The molecule has 2 amide bonds. The zero-order valence-corrected chi connectivity index (χ0v) is 15.9. The summed E-state index contributed by atoms with van der Waals surface area (Å²) in [5.74, 6) is 2.14. The molecule has 0 radical (unpaired) electrons. The van der Waals surface area contributed by atoms with Gasteiger partial charge in [0, 0.05) is 18.1 Å². The first-order valence-corrected chi connectivity index (χ1v) is 8.70. The fourth-order valence-electron chi connectivity index (χ4n) is 3.09. The summed E-state index contributed by atoms with van der Waals surface area (Å²) >= 11 is 0. The van der Waals surface area contributed by atoms with Crippen LogP contribution in [0.25, 0.3) is 0 Å². The number of rotatable bonds is 3. The number of fused-ring (bicyclic) bond motifs is 1. The highest BCUT2D eigenvalue weighted by molar-refractivity contribution is 5.90. The summed E-state index contributed by atoms with van der Waals surface area (Å²) in [6, 6.07) is 5.46. The number of benzene rings is 1. The maximum Gasteiger partial charge on any atom is 0.322 e. The summed E-state index contributed by atoms with van der Waals surface area (Å²) in [5.41, 5.74) is 1.72. The third-order valence-corrected chi connectivity index (χ3v) is 4.37. The van der Waals surface area contributed by atoms with Crippen LogP contribution in [-0.2, 0) is 13.0 Å². The average Bonchev–Trinajstić information content (AvgIpc) is 2.87. The van der Waals surface area contributed by atoms with E-state index in [4.69, 9.17) is 14.0 Å². The van der Waals surface area contributed by atoms with Gasteiger partial charge in [-0.1, -0.05) is 12.1 Å². The van der Waals surface area contributed by atoms with Crippen molar-refractivity contribution in [2.24, 2.45) is 0 Å². The van der Waals surface area contributed by atoms with E-state index in [1.807, 2.05) is 45.9 Å². The Balaban J connectivity index is 1.87. The number of carbonyl (C=O) groups is 1. The van der Waals surface area contributed by atoms with E-state index in [1.54, 1.807) is 12.0 Å². The predicted octanol–water partition coefficient (Wildman–Crippen LogP) is 3.76. The number of nitrogens with one attached hydrogen (secondary N) is 1. The van der Waals surface area contributed by atoms with Gasteiger partial charge in [-0.3, -0.25) is 0 Å². The first-order valence-electron chi connectivity index (χ1n) is 8.70. The van der Waals surface area contributed by atoms with E-state index in [0.29, 0.717) is 36.7 Å². The Bertz CT molecular complexity index is 813. The molecule has 1 aliphatic rings. The zero-order valence-electron chi connectivity index (χ0n) is 15.9. The molecule has 3 rings (SSSR count). The zero-order chi connectivity index (χ0) is 18.9. The monoisotopic (exact) mass is 359 g/mol. The lowest BCUT2D eigenvalue weighted by atomic mass is 10.1. The Hall–Kier alpha value is -2.70. The molecule has 0 bridgehead atoms. The molecular formula is C19H25N3O4. The van der Waals surface area contributed by atoms with Crippen molar-refractivity contribution in [2.75, 3.05) is 19.0 Å². The fourth-order valence-corrected chi connectivity index (χ4v) is 3.09. The van der Waals surface area contributed by atoms with Crippen molar-refractivity contribution in [1.29, 1.82) is 0 Å². The molecule has 2 aromatic rings. The van der Waals surface area contributed by atoms with Crippen LogP contribution in [-0.4, -0.2) is 35.3 Å². The minimum atomic E-state index is -0.535. The number of nitrogens with zero attached hydrogens (tertiary/aromatic N) is 2. The maximum atomic E-state index is 12.9. The second-order valence-corrected chi connectivity index (χ2v) is 7.04. The van der Waals surface area contributed by atoms with Crippen LogP contribution in [0, 0.1) is 6.92 Å². The van der Waals surface area contributed by atoms with Crippen molar-refractivity contribution in [3.63, 3.8) is 0 Å². The number of urea groups is 1. The van der Waals surface area contributed by atoms with Gasteiger partial charge >= 0.3 is 6.03 Å². The lowest BCUT2D eigenvalue weighted by Crippen LogP contribution is -2.45. The molecule has 140 valence electrons. The van der Waals surface area contributed by atoms with Crippen molar-refractivity contribution in [3.8, 4) is 11.5 Å². The molecule has 0 spiro atoms. The van der Waals surface area contributed by atoms with Gasteiger partial charge in [0.15, 0.2) is 5.76 Å². The van der Waals surface area contributed by atoms with Crippen LogP contribution in [0.4, 0.5) is 10.5 Å². The Kier molecular flexibility index (Phi) is 4.80. The number of hydrogen-bond acceptors (Lipinski definition) is 5. The fraction of sp³-hybridized carbons (Fsp3) is 0.474. The van der Waals surface area contributed by atoms with E-state index in [2.05, 4.69) is 10.5 Å². The van der Waals surface area contributed by atoms with Crippen LogP contribution in [0.2, 0.25) is 0 Å². The topological polar surface area (TPSA) is 76.8 Å². The smallest absolute Gasteiger partial charge is 0.322 e. The molecule has 1 N–H and O–H groups in total. The standard InChI is InChI=1S/C19H25N3O4/c1-6-15-17(12(2)21-26-15)20-18(23)22-10-13-7-8-14(24-5)9-16(13)25-19(3,4)11-22/h7-9H,6,10-11H2,1-5H3,(H,20,23). The van der Waals surface area contributed by atoms with Gasteiger partial charge in [-0.25, -0.2) is 4.79 Å². The highest BCUT2D eigenvalue weighted by Gasteiger charge is 2.32. The molecule has 0 unspecified atom stereocenters. The number of aromatic nitrogens is 1. The largest absolute Gasteiger partial charge is 0.497 e. The Morgan fingerprint density at radius 3 is 2.88 bits per heavy atom. The highest BCUT2D eigenvalue weighted by atomic mass is 16.5. The molecule has 1 aromatic heterocycles. The minimum absolute atomic E-state index is 0.202. The van der Waals surface area contributed by atoms with E-state index < -0.39 is 5.60 Å². The average molecular weight is 359 g/mol. The number of hydrogen-bond donors (Lipinski definition) is 1. The number of methoxy groups -OCH3 is 1. The number of anilines is 1. The van der Waals surface area contributed by atoms with Gasteiger partial charge in [-0.15, -0.1) is 0 Å². The van der Waals surface area contributed by atoms with E-state index >= 15 is 0 Å². The molecule has 0 fully saturated rings. The SMILES string of the molecule is CCc1onc(C)c1NC(=O)N1Cc2ccc(OC)cc2OC(C)(C)C1. The van der Waals surface area contributed by atoms with Gasteiger partial charge in [0.25, 0.3) is 0 Å². The summed E-state index contributed by atoms with van der Waals surface area (Å²) in [4.78, 5) is 14.7. The van der Waals surface area contributed by atoms with E-state index in [1.165, 1.54) is 0 Å². The first kappa shape index (κ1) is 18.1. The quantitative estimate of drug-likeness (QED) is 0.903. The van der Waals surface area contributed by atoms with Gasteiger partial charge in [0.1, 0.15) is 28.5 Å². The van der Waals surface area contributed by atoms with Gasteiger partial charge < -0.3 is 24.2 Å². The molecule has 7 heteroatoms. The third-order valence-electron chi connectivity index (χ3n) is 4.37. The normalized spacial score (nSPS) is 15.7. The Labute approximate surface area is 153 Å². The number of ether oxygens (including phenoxy) is 2. The van der Waals surface area contributed by atoms with Crippen molar-refractivity contribution in [2.45, 2.75) is 46.3 Å². The molecule has 1 aromatic carbocycles. The second-order valence-electron chi connectivity index (χ2n) is 7.04. The lowest BCUT2D eigenvalue weighted by Gasteiger charge is -2.29. The maximum absolute atomic E-state index is 12.9. The molecule has 7 nitrogen and oxygen atoms in total. The third kappa shape index (κ3) is 3.61. The number of amides is 2. The molecule has 26 heavy (non-hydrogen) atoms. The molecule has 2 heterocycles. The van der Waals surface area contributed by atoms with E-state index in [0.717, 1.165) is 17.1 Å². The van der Waals surface area contributed by atoms with Crippen molar-refractivity contribution >= 4 is 11.7 Å². The summed E-state index contributed by atoms with van der Waals surface area (Å²) in [5, 5.41) is 6.89. The Morgan fingerprint density at radius 1 is 1.42 bits per heavy atom. The first-order chi connectivity index (χ1) is 12.3. The van der Waals surface area contributed by atoms with Crippen LogP contribution in [0.15, 0.2) is 22.7 Å². The van der Waals surface area contributed by atoms with Crippen molar-refractivity contribution in [1.82, 2.24) is 10.1 Å². The number of aryl methyl sites for hydroxylation is 2. The van der Waals surface area contributed by atoms with Gasteiger partial charge in [-0.2, -0.15) is 0 Å². The van der Waals surface area contributed by atoms with Gasteiger partial charge in [0.05, 0.1) is 20.2 Å². The van der Waals surface area contributed by atoms with E-state index in [9.17, 15) is 4.79 Å². The van der Waals surface area contributed by atoms with Crippen LogP contribution in [0.3, 0.4) is 0 Å². The van der Waals surface area contributed by atoms with Crippen molar-refractivity contribution in [3.05, 3.63) is 35.2 Å². The number of carbonyl (C=O) groups excluding carboxylic acids is 1. The molecule has 0 aliphatic carbocycles. The van der Waals surface area contributed by atoms with Gasteiger partial charge in [-0.05, 0) is 32.9 Å². The summed E-state index contributed by atoms with van der Waals surface area (Å²) in [7, 11) is 1.62. The van der Waals surface area contributed by atoms with Gasteiger partial charge in [0.2, 0.25) is 0 Å².